The number of hydrogen-bond acceptors (Lipinski definition) is 10. The summed E-state index contributed by atoms with van der Waals surface area (Å²) in [6.07, 6.45) is 5.82. The molecule has 3 aromatic rings. The maximum atomic E-state index is 15.2. The fourth-order valence-corrected chi connectivity index (χ4v) is 4.02. The lowest BCUT2D eigenvalue weighted by atomic mass is 10.0. The lowest BCUT2D eigenvalue weighted by Crippen LogP contribution is -2.47. The molecule has 3 heterocycles. The molecule has 1 fully saturated rings. The fraction of sp³-hybridized carbons (Fsp3) is 0.440. The predicted molar refractivity (Wildman–Crippen MR) is 141 cm³/mol. The average molecular weight is 542 g/mol. The van der Waals surface area contributed by atoms with Crippen LogP contribution in [0.15, 0.2) is 30.7 Å². The van der Waals surface area contributed by atoms with Crippen LogP contribution in [0.1, 0.15) is 50.9 Å². The van der Waals surface area contributed by atoms with Crippen molar-refractivity contribution >= 4 is 29.3 Å². The third-order valence-corrected chi connectivity index (χ3v) is 5.92. The molecule has 3 aromatic heterocycles. The summed E-state index contributed by atoms with van der Waals surface area (Å²) in [6.45, 7) is 7.13. The molecule has 14 heteroatoms. The zero-order valence-electron chi connectivity index (χ0n) is 22.4. The number of nitrogens with one attached hydrogen (secondary N) is 3. The molecule has 0 aliphatic heterocycles. The number of primary amides is 1. The maximum absolute atomic E-state index is 15.2. The Kier molecular flexibility index (Phi) is 7.83. The van der Waals surface area contributed by atoms with Crippen LogP contribution in [0.4, 0.5) is 26.5 Å². The molecule has 5 N–H and O–H groups in total. The van der Waals surface area contributed by atoms with Crippen LogP contribution < -0.4 is 26.4 Å². The molecule has 1 saturated carbocycles. The largest absolute Gasteiger partial charge is 0.479 e. The Morgan fingerprint density at radius 1 is 1.23 bits per heavy atom. The topological polar surface area (TPSA) is 171 Å². The quantitative estimate of drug-likeness (QED) is 0.299. The highest BCUT2D eigenvalue weighted by atomic mass is 19.1. The minimum atomic E-state index is -0.868. The van der Waals surface area contributed by atoms with Crippen molar-refractivity contribution < 1.29 is 23.5 Å². The van der Waals surface area contributed by atoms with Gasteiger partial charge in [-0.1, -0.05) is 5.21 Å². The van der Waals surface area contributed by atoms with Crippen LogP contribution in [0.3, 0.4) is 0 Å². The van der Waals surface area contributed by atoms with Gasteiger partial charge in [0, 0.05) is 6.04 Å². The summed E-state index contributed by atoms with van der Waals surface area (Å²) in [5.41, 5.74) is 5.60. The highest BCUT2D eigenvalue weighted by molar-refractivity contribution is 5.98. The van der Waals surface area contributed by atoms with Gasteiger partial charge >= 0.3 is 6.09 Å². The highest BCUT2D eigenvalue weighted by Gasteiger charge is 2.37. The van der Waals surface area contributed by atoms with Gasteiger partial charge in [0.1, 0.15) is 17.1 Å². The number of carbonyl (C=O) groups excluding carboxylic acids is 2. The predicted octanol–water partition coefficient (Wildman–Crippen LogP) is 3.15. The van der Waals surface area contributed by atoms with Crippen LogP contribution in [0.2, 0.25) is 0 Å². The molecule has 39 heavy (non-hydrogen) atoms. The van der Waals surface area contributed by atoms with E-state index < -0.39 is 29.5 Å². The minimum Gasteiger partial charge on any atom is -0.479 e. The number of alkyl carbamates (subject to hydrolysis) is 1. The summed E-state index contributed by atoms with van der Waals surface area (Å²) in [5, 5.41) is 16.7. The molecule has 13 nitrogen and oxygen atoms in total. The Morgan fingerprint density at radius 3 is 2.56 bits per heavy atom. The summed E-state index contributed by atoms with van der Waals surface area (Å²) >= 11 is 0. The molecule has 0 spiro atoms. The molecule has 1 aliphatic carbocycles. The molecule has 0 aromatic carbocycles. The first kappa shape index (κ1) is 27.5. The first-order valence-electron chi connectivity index (χ1n) is 12.4. The van der Waals surface area contributed by atoms with Gasteiger partial charge < -0.3 is 31.2 Å². The molecule has 1 unspecified atom stereocenters. The zero-order valence-corrected chi connectivity index (χ0v) is 22.4. The van der Waals surface area contributed by atoms with Gasteiger partial charge in [0.2, 0.25) is 5.88 Å². The Morgan fingerprint density at radius 2 is 1.97 bits per heavy atom. The van der Waals surface area contributed by atoms with E-state index in [-0.39, 0.29) is 35.0 Å². The van der Waals surface area contributed by atoms with Crippen LogP contribution in [0.25, 0.3) is 5.69 Å². The van der Waals surface area contributed by atoms with E-state index in [0.29, 0.717) is 11.4 Å². The van der Waals surface area contributed by atoms with Crippen molar-refractivity contribution in [2.24, 2.45) is 11.7 Å². The third kappa shape index (κ3) is 6.89. The van der Waals surface area contributed by atoms with E-state index >= 15 is 4.39 Å². The van der Waals surface area contributed by atoms with Gasteiger partial charge in [-0.15, -0.1) is 5.10 Å². The summed E-state index contributed by atoms with van der Waals surface area (Å²) in [5.74, 6) is -1.23. The average Bonchev–Trinajstić information content (AvgIpc) is 3.54. The maximum Gasteiger partial charge on any atom is 0.407 e. The van der Waals surface area contributed by atoms with E-state index in [1.54, 1.807) is 33.0 Å². The Labute approximate surface area is 224 Å². The van der Waals surface area contributed by atoms with Gasteiger partial charge in [-0.25, -0.2) is 23.8 Å². The Bertz CT molecular complexity index is 1340. The molecule has 0 radical (unpaired) electrons. The second-order valence-corrected chi connectivity index (χ2v) is 10.2. The van der Waals surface area contributed by atoms with Crippen molar-refractivity contribution in [1.82, 2.24) is 30.3 Å². The zero-order chi connectivity index (χ0) is 28.3. The van der Waals surface area contributed by atoms with Crippen LogP contribution in [-0.2, 0) is 4.74 Å². The van der Waals surface area contributed by atoms with Gasteiger partial charge in [0.05, 0.1) is 43.0 Å². The first-order chi connectivity index (χ1) is 18.4. The lowest BCUT2D eigenvalue weighted by molar-refractivity contribution is 0.0501. The lowest BCUT2D eigenvalue weighted by Gasteiger charge is -2.28. The van der Waals surface area contributed by atoms with Crippen LogP contribution >= 0.6 is 0 Å². The van der Waals surface area contributed by atoms with Crippen LogP contribution in [0, 0.1) is 11.7 Å². The number of anilines is 3. The Balaban J connectivity index is 1.61. The van der Waals surface area contributed by atoms with E-state index in [9.17, 15) is 9.59 Å². The van der Waals surface area contributed by atoms with Gasteiger partial charge in [-0.3, -0.25) is 4.79 Å². The summed E-state index contributed by atoms with van der Waals surface area (Å²) in [7, 11) is 1.47. The third-order valence-electron chi connectivity index (χ3n) is 5.92. The van der Waals surface area contributed by atoms with Gasteiger partial charge in [-0.05, 0) is 58.6 Å². The Hall–Kier alpha value is -4.49. The number of amides is 2. The normalized spacial score (nSPS) is 14.7. The monoisotopic (exact) mass is 541 g/mol. The number of methoxy groups -OCH3 is 1. The van der Waals surface area contributed by atoms with Gasteiger partial charge in [0.25, 0.3) is 5.91 Å². The number of nitrogens with two attached hydrogens (primary N) is 1. The molecular weight excluding hydrogens is 509 g/mol. The first-order valence-corrected chi connectivity index (χ1v) is 12.4. The van der Waals surface area contributed by atoms with Crippen molar-refractivity contribution in [3.63, 3.8) is 0 Å². The minimum absolute atomic E-state index is 0.0187. The van der Waals surface area contributed by atoms with Crippen LogP contribution in [0.5, 0.6) is 5.88 Å². The number of hydrogen-bond donors (Lipinski definition) is 4. The summed E-state index contributed by atoms with van der Waals surface area (Å²) in [6, 6.07) is 1.93. The standard InChI is InChI=1S/C25H32FN9O4/c1-13(30-24(37)39-25(2,3)4)19(14-6-7-14)32-22-17(26)11-16(20(27)36)21(33-22)31-15-10-18(23(38-5)28-12-15)35-9-8-29-34-35/h8-14,19H,6-7H2,1-5H3,(H2,27,36)(H,30,37)(H2,31,32,33)/t13-,19?/m0/s1. The summed E-state index contributed by atoms with van der Waals surface area (Å²) in [4.78, 5) is 33.1. The van der Waals surface area contributed by atoms with Crippen molar-refractivity contribution in [2.45, 2.75) is 58.2 Å². The second kappa shape index (κ2) is 11.1. The number of aromatic nitrogens is 5. The van der Waals surface area contributed by atoms with Crippen LogP contribution in [-0.4, -0.2) is 61.8 Å². The van der Waals surface area contributed by atoms with E-state index in [0.717, 1.165) is 18.9 Å². The summed E-state index contributed by atoms with van der Waals surface area (Å²) < 4.78 is 27.3. The van der Waals surface area contributed by atoms with Gasteiger partial charge in [-0.2, -0.15) is 0 Å². The number of nitrogens with zero attached hydrogens (tertiary/aromatic N) is 5. The smallest absolute Gasteiger partial charge is 0.407 e. The van der Waals surface area contributed by atoms with E-state index in [1.807, 2.05) is 6.92 Å². The molecule has 0 bridgehead atoms. The fourth-order valence-electron chi connectivity index (χ4n) is 4.02. The molecular formula is C25H32FN9O4. The van der Waals surface area contributed by atoms with Crippen molar-refractivity contribution in [1.29, 1.82) is 0 Å². The number of pyridine rings is 2. The second-order valence-electron chi connectivity index (χ2n) is 10.2. The molecule has 1 aliphatic rings. The molecule has 2 amide bonds. The number of rotatable bonds is 10. The molecule has 4 rings (SSSR count). The molecule has 2 atom stereocenters. The van der Waals surface area contributed by atoms with Crippen molar-refractivity contribution in [3.05, 3.63) is 42.1 Å². The molecule has 0 saturated heterocycles. The van der Waals surface area contributed by atoms with Gasteiger partial charge in [0.15, 0.2) is 11.6 Å². The SMILES string of the molecule is COc1ncc(Nc2nc(NC(C3CC3)[C@H](C)NC(=O)OC(C)(C)C)c(F)cc2C(N)=O)cc1-n1ccnn1. The molecule has 208 valence electrons. The van der Waals surface area contributed by atoms with E-state index in [1.165, 1.54) is 24.2 Å². The number of carbonyl (C=O) groups is 2. The van der Waals surface area contributed by atoms with E-state index in [2.05, 4.69) is 36.2 Å². The van der Waals surface area contributed by atoms with Crippen molar-refractivity contribution in [3.8, 4) is 11.6 Å². The number of halogens is 1. The highest BCUT2D eigenvalue weighted by Crippen LogP contribution is 2.36. The van der Waals surface area contributed by atoms with E-state index in [4.69, 9.17) is 15.2 Å². The van der Waals surface area contributed by atoms with Crippen molar-refractivity contribution in [2.75, 3.05) is 17.7 Å². The number of ether oxygens (including phenoxy) is 2.